The van der Waals surface area contributed by atoms with Gasteiger partial charge in [0.1, 0.15) is 6.04 Å². The van der Waals surface area contributed by atoms with Gasteiger partial charge in [-0.1, -0.05) is 18.2 Å². The Balaban J connectivity index is 2.23. The molecule has 1 heterocycles. The van der Waals surface area contributed by atoms with Crippen LogP contribution < -0.4 is 0 Å². The van der Waals surface area contributed by atoms with Gasteiger partial charge >= 0.3 is 5.97 Å². The third-order valence-electron chi connectivity index (χ3n) is 3.12. The van der Waals surface area contributed by atoms with Crippen LogP contribution in [0.1, 0.15) is 23.2 Å². The molecule has 5 nitrogen and oxygen atoms in total. The Labute approximate surface area is 105 Å². The second kappa shape index (κ2) is 5.18. The topological polar surface area (TPSA) is 77.8 Å². The molecule has 2 atom stereocenters. The molecule has 2 rings (SSSR count). The zero-order valence-electron chi connectivity index (χ0n) is 9.82. The van der Waals surface area contributed by atoms with Crippen LogP contribution in [-0.4, -0.2) is 45.7 Å². The van der Waals surface area contributed by atoms with E-state index in [1.807, 2.05) is 0 Å². The molecule has 0 saturated carbocycles. The Morgan fingerprint density at radius 1 is 1.17 bits per heavy atom. The number of hydrogen-bond acceptors (Lipinski definition) is 3. The molecule has 96 valence electrons. The summed E-state index contributed by atoms with van der Waals surface area (Å²) in [4.78, 5) is 24.6. The van der Waals surface area contributed by atoms with Gasteiger partial charge in [0.15, 0.2) is 0 Å². The Morgan fingerprint density at radius 3 is 2.44 bits per heavy atom. The monoisotopic (exact) mass is 249 g/mol. The number of rotatable bonds is 2. The number of amides is 1. The highest BCUT2D eigenvalue weighted by Gasteiger charge is 2.35. The Bertz CT molecular complexity index is 446. The minimum absolute atomic E-state index is 0.0741. The lowest BCUT2D eigenvalue weighted by Crippen LogP contribution is -2.52. The van der Waals surface area contributed by atoms with Crippen molar-refractivity contribution in [2.75, 3.05) is 6.54 Å². The number of benzene rings is 1. The smallest absolute Gasteiger partial charge is 0.326 e. The maximum absolute atomic E-state index is 12.2. The van der Waals surface area contributed by atoms with Gasteiger partial charge in [-0.05, 0) is 25.0 Å². The van der Waals surface area contributed by atoms with Crippen molar-refractivity contribution in [3.05, 3.63) is 35.9 Å². The van der Waals surface area contributed by atoms with Crippen molar-refractivity contribution in [2.45, 2.75) is 25.0 Å². The molecule has 1 amide bonds. The third kappa shape index (κ3) is 2.51. The van der Waals surface area contributed by atoms with Crippen LogP contribution in [0.2, 0.25) is 0 Å². The first kappa shape index (κ1) is 12.6. The molecular formula is C13H15NO4. The number of carboxylic acids is 1. The van der Waals surface area contributed by atoms with Gasteiger partial charge in [0.05, 0.1) is 6.10 Å². The van der Waals surface area contributed by atoms with E-state index in [4.69, 9.17) is 5.11 Å². The van der Waals surface area contributed by atoms with E-state index in [0.29, 0.717) is 12.0 Å². The second-order valence-electron chi connectivity index (χ2n) is 4.41. The van der Waals surface area contributed by atoms with Gasteiger partial charge in [-0.3, -0.25) is 4.79 Å². The number of hydrogen-bond donors (Lipinski definition) is 2. The van der Waals surface area contributed by atoms with Crippen LogP contribution in [0.4, 0.5) is 0 Å². The third-order valence-corrected chi connectivity index (χ3v) is 3.12. The SMILES string of the molecule is O=C(O)[C@@H]1CC[C@H](O)CN1C(=O)c1ccccc1. The molecule has 0 unspecified atom stereocenters. The van der Waals surface area contributed by atoms with Crippen LogP contribution in [0.25, 0.3) is 0 Å². The molecule has 1 fully saturated rings. The summed E-state index contributed by atoms with van der Waals surface area (Å²) in [5.74, 6) is -1.37. The maximum atomic E-state index is 12.2. The first-order chi connectivity index (χ1) is 8.59. The predicted molar refractivity (Wildman–Crippen MR) is 64.1 cm³/mol. The summed E-state index contributed by atoms with van der Waals surface area (Å²) in [6.07, 6.45) is 0.0539. The number of carbonyl (C=O) groups excluding carboxylic acids is 1. The van der Waals surface area contributed by atoms with Gasteiger partial charge in [0.25, 0.3) is 5.91 Å². The molecule has 1 saturated heterocycles. The van der Waals surface area contributed by atoms with E-state index in [0.717, 1.165) is 0 Å². The zero-order valence-corrected chi connectivity index (χ0v) is 9.82. The fraction of sp³-hybridized carbons (Fsp3) is 0.385. The Morgan fingerprint density at radius 2 is 1.83 bits per heavy atom. The summed E-state index contributed by atoms with van der Waals surface area (Å²) in [7, 11) is 0. The van der Waals surface area contributed by atoms with E-state index in [1.165, 1.54) is 4.90 Å². The van der Waals surface area contributed by atoms with Gasteiger partial charge in [0.2, 0.25) is 0 Å². The second-order valence-corrected chi connectivity index (χ2v) is 4.41. The molecule has 1 aromatic carbocycles. The molecule has 1 aliphatic rings. The summed E-state index contributed by atoms with van der Waals surface area (Å²) in [5.41, 5.74) is 0.442. The van der Waals surface area contributed by atoms with Crippen LogP contribution in [0, 0.1) is 0 Å². The molecule has 1 aromatic rings. The summed E-state index contributed by atoms with van der Waals surface area (Å²) in [6.45, 7) is 0.0741. The normalized spacial score (nSPS) is 23.7. The highest BCUT2D eigenvalue weighted by Crippen LogP contribution is 2.20. The summed E-state index contributed by atoms with van der Waals surface area (Å²) < 4.78 is 0. The van der Waals surface area contributed by atoms with Crippen molar-refractivity contribution in [3.8, 4) is 0 Å². The molecule has 18 heavy (non-hydrogen) atoms. The van der Waals surface area contributed by atoms with Crippen LogP contribution >= 0.6 is 0 Å². The van der Waals surface area contributed by atoms with E-state index in [-0.39, 0.29) is 18.9 Å². The zero-order chi connectivity index (χ0) is 13.1. The number of aliphatic hydroxyl groups excluding tert-OH is 1. The lowest BCUT2D eigenvalue weighted by molar-refractivity contribution is -0.144. The van der Waals surface area contributed by atoms with Gasteiger partial charge in [0, 0.05) is 12.1 Å². The lowest BCUT2D eigenvalue weighted by Gasteiger charge is -2.35. The average molecular weight is 249 g/mol. The predicted octanol–water partition coefficient (Wildman–Crippen LogP) is 0.737. The minimum Gasteiger partial charge on any atom is -0.480 e. The van der Waals surface area contributed by atoms with E-state index >= 15 is 0 Å². The number of aliphatic carboxylic acids is 1. The van der Waals surface area contributed by atoms with Crippen LogP contribution in [0.5, 0.6) is 0 Å². The number of piperidine rings is 1. The van der Waals surface area contributed by atoms with Gasteiger partial charge < -0.3 is 15.1 Å². The van der Waals surface area contributed by atoms with Gasteiger partial charge in [-0.2, -0.15) is 0 Å². The number of likely N-dealkylation sites (tertiary alicyclic amines) is 1. The highest BCUT2D eigenvalue weighted by molar-refractivity contribution is 5.96. The molecular weight excluding hydrogens is 234 g/mol. The minimum atomic E-state index is -1.02. The quantitative estimate of drug-likeness (QED) is 0.810. The van der Waals surface area contributed by atoms with Gasteiger partial charge in [-0.25, -0.2) is 4.79 Å². The van der Waals surface area contributed by atoms with E-state index in [9.17, 15) is 14.7 Å². The van der Waals surface area contributed by atoms with E-state index < -0.39 is 18.1 Å². The molecule has 1 aliphatic heterocycles. The van der Waals surface area contributed by atoms with Crippen molar-refractivity contribution in [1.29, 1.82) is 0 Å². The molecule has 0 aliphatic carbocycles. The highest BCUT2D eigenvalue weighted by atomic mass is 16.4. The summed E-state index contributed by atoms with van der Waals surface area (Å²) in [6, 6.07) is 7.68. The maximum Gasteiger partial charge on any atom is 0.326 e. The number of carboxylic acid groups (broad SMARTS) is 1. The van der Waals surface area contributed by atoms with Crippen molar-refractivity contribution >= 4 is 11.9 Å². The molecule has 2 N–H and O–H groups in total. The van der Waals surface area contributed by atoms with Crippen molar-refractivity contribution < 1.29 is 19.8 Å². The molecule has 0 spiro atoms. The van der Waals surface area contributed by atoms with Crippen molar-refractivity contribution in [1.82, 2.24) is 4.90 Å². The number of aliphatic hydroxyl groups is 1. The number of β-amino-alcohol motifs (C(OH)–C–C–N with tert-alkyl or cyclic N) is 1. The standard InChI is InChI=1S/C13H15NO4/c15-10-6-7-11(13(17)18)14(8-10)12(16)9-4-2-1-3-5-9/h1-5,10-11,15H,6-8H2,(H,17,18)/t10-,11-/m0/s1. The summed E-state index contributed by atoms with van der Waals surface area (Å²) in [5, 5.41) is 18.7. The number of carbonyl (C=O) groups is 2. The molecule has 0 radical (unpaired) electrons. The first-order valence-electron chi connectivity index (χ1n) is 5.86. The van der Waals surface area contributed by atoms with Crippen molar-refractivity contribution in [2.24, 2.45) is 0 Å². The Kier molecular flexibility index (Phi) is 3.62. The number of nitrogens with zero attached hydrogens (tertiary/aromatic N) is 1. The summed E-state index contributed by atoms with van der Waals surface area (Å²) >= 11 is 0. The molecule has 5 heteroatoms. The van der Waals surface area contributed by atoms with Gasteiger partial charge in [-0.15, -0.1) is 0 Å². The van der Waals surface area contributed by atoms with E-state index in [2.05, 4.69) is 0 Å². The van der Waals surface area contributed by atoms with Crippen LogP contribution in [0.15, 0.2) is 30.3 Å². The van der Waals surface area contributed by atoms with Crippen molar-refractivity contribution in [3.63, 3.8) is 0 Å². The fourth-order valence-corrected chi connectivity index (χ4v) is 2.18. The molecule has 0 aromatic heterocycles. The average Bonchev–Trinajstić information content (AvgIpc) is 2.38. The van der Waals surface area contributed by atoms with Crippen LogP contribution in [-0.2, 0) is 4.79 Å². The van der Waals surface area contributed by atoms with E-state index in [1.54, 1.807) is 30.3 Å². The molecule has 0 bridgehead atoms. The first-order valence-corrected chi connectivity index (χ1v) is 5.86. The largest absolute Gasteiger partial charge is 0.480 e. The lowest BCUT2D eigenvalue weighted by atomic mass is 9.99. The fourth-order valence-electron chi connectivity index (χ4n) is 2.18. The van der Waals surface area contributed by atoms with Crippen LogP contribution in [0.3, 0.4) is 0 Å². The Hall–Kier alpha value is -1.88.